The smallest absolute Gasteiger partial charge is 0.231 e. The van der Waals surface area contributed by atoms with Crippen molar-refractivity contribution < 1.29 is 9.32 Å². The Morgan fingerprint density at radius 2 is 1.97 bits per heavy atom. The molecule has 0 radical (unpaired) electrons. The molecule has 1 fully saturated rings. The van der Waals surface area contributed by atoms with Gasteiger partial charge < -0.3 is 9.42 Å². The molecule has 1 aromatic heterocycles. The maximum atomic E-state index is 13.2. The lowest BCUT2D eigenvalue weighted by molar-refractivity contribution is -0.134. The Morgan fingerprint density at radius 1 is 1.21 bits per heavy atom. The first-order valence-corrected chi connectivity index (χ1v) is 10.5. The SMILES string of the molecule is CC[C@@H](C(=O)N1CCC[C@@H](c2nc(-c3ccc(Cl)cc3)no2)C1)c1ccccc1. The Balaban J connectivity index is 1.48. The van der Waals surface area contributed by atoms with Crippen LogP contribution in [-0.2, 0) is 4.79 Å². The summed E-state index contributed by atoms with van der Waals surface area (Å²) in [5.74, 6) is 1.29. The van der Waals surface area contributed by atoms with Gasteiger partial charge in [0.05, 0.1) is 11.8 Å². The highest BCUT2D eigenvalue weighted by molar-refractivity contribution is 6.30. The molecule has 2 aromatic carbocycles. The highest BCUT2D eigenvalue weighted by Gasteiger charge is 2.32. The zero-order valence-corrected chi connectivity index (χ0v) is 17.2. The number of aromatic nitrogens is 2. The van der Waals surface area contributed by atoms with E-state index in [1.807, 2.05) is 59.5 Å². The number of likely N-dealkylation sites (tertiary alicyclic amines) is 1. The van der Waals surface area contributed by atoms with Crippen molar-refractivity contribution >= 4 is 17.5 Å². The fraction of sp³-hybridized carbons (Fsp3) is 0.348. The van der Waals surface area contributed by atoms with Crippen molar-refractivity contribution in [1.29, 1.82) is 0 Å². The van der Waals surface area contributed by atoms with Crippen LogP contribution in [-0.4, -0.2) is 34.0 Å². The van der Waals surface area contributed by atoms with Gasteiger partial charge in [-0.2, -0.15) is 4.98 Å². The van der Waals surface area contributed by atoms with Crippen LogP contribution in [0.25, 0.3) is 11.4 Å². The molecular weight excluding hydrogens is 386 g/mol. The number of benzene rings is 2. The standard InChI is InChI=1S/C23H24ClN3O2/c1-2-20(16-7-4-3-5-8-16)23(28)27-14-6-9-18(15-27)22-25-21(26-29-22)17-10-12-19(24)13-11-17/h3-5,7-8,10-13,18,20H,2,6,9,14-15H2,1H3/t18-,20-/m1/s1. The van der Waals surface area contributed by atoms with Gasteiger partial charge in [0.1, 0.15) is 0 Å². The molecule has 6 heteroatoms. The van der Waals surface area contributed by atoms with Crippen LogP contribution < -0.4 is 0 Å². The number of nitrogens with zero attached hydrogens (tertiary/aromatic N) is 3. The van der Waals surface area contributed by atoms with Crippen LogP contribution >= 0.6 is 11.6 Å². The van der Waals surface area contributed by atoms with Gasteiger partial charge in [0.2, 0.25) is 17.6 Å². The average Bonchev–Trinajstić information content (AvgIpc) is 3.26. The number of hydrogen-bond acceptors (Lipinski definition) is 4. The van der Waals surface area contributed by atoms with Gasteiger partial charge in [-0.15, -0.1) is 0 Å². The molecule has 0 bridgehead atoms. The van der Waals surface area contributed by atoms with Crippen molar-refractivity contribution in [3.05, 3.63) is 71.1 Å². The van der Waals surface area contributed by atoms with Crippen molar-refractivity contribution in [2.45, 2.75) is 38.0 Å². The van der Waals surface area contributed by atoms with E-state index in [1.165, 1.54) is 0 Å². The molecule has 0 saturated carbocycles. The van der Waals surface area contributed by atoms with Crippen molar-refractivity contribution in [3.8, 4) is 11.4 Å². The first kappa shape index (κ1) is 19.6. The second-order valence-corrected chi connectivity index (χ2v) is 7.89. The van der Waals surface area contributed by atoms with Crippen LogP contribution in [0.2, 0.25) is 5.02 Å². The largest absolute Gasteiger partial charge is 0.341 e. The Kier molecular flexibility index (Phi) is 5.95. The molecule has 5 nitrogen and oxygen atoms in total. The predicted octanol–water partition coefficient (Wildman–Crippen LogP) is 5.29. The lowest BCUT2D eigenvalue weighted by atomic mass is 9.92. The molecule has 0 N–H and O–H groups in total. The van der Waals surface area contributed by atoms with Crippen molar-refractivity contribution in [2.75, 3.05) is 13.1 Å². The van der Waals surface area contributed by atoms with Crippen molar-refractivity contribution in [2.24, 2.45) is 0 Å². The molecule has 1 aliphatic rings. The maximum absolute atomic E-state index is 13.2. The summed E-state index contributed by atoms with van der Waals surface area (Å²) in [6.07, 6.45) is 2.65. The van der Waals surface area contributed by atoms with E-state index >= 15 is 0 Å². The summed E-state index contributed by atoms with van der Waals surface area (Å²) < 4.78 is 5.56. The van der Waals surface area contributed by atoms with Gasteiger partial charge >= 0.3 is 0 Å². The summed E-state index contributed by atoms with van der Waals surface area (Å²) >= 11 is 5.95. The van der Waals surface area contributed by atoms with Gasteiger partial charge in [-0.25, -0.2) is 0 Å². The normalized spacial score (nSPS) is 17.9. The zero-order valence-electron chi connectivity index (χ0n) is 16.4. The van der Waals surface area contributed by atoms with Crippen LogP contribution in [0.1, 0.15) is 49.5 Å². The highest BCUT2D eigenvalue weighted by Crippen LogP contribution is 2.30. The summed E-state index contributed by atoms with van der Waals surface area (Å²) in [5.41, 5.74) is 1.94. The van der Waals surface area contributed by atoms with E-state index in [-0.39, 0.29) is 17.7 Å². The molecule has 0 unspecified atom stereocenters. The molecular formula is C23H24ClN3O2. The van der Waals surface area contributed by atoms with Gasteiger partial charge in [-0.1, -0.05) is 54.0 Å². The van der Waals surface area contributed by atoms with Gasteiger partial charge in [-0.3, -0.25) is 4.79 Å². The van der Waals surface area contributed by atoms with E-state index in [0.29, 0.717) is 23.3 Å². The third-order valence-corrected chi connectivity index (χ3v) is 5.79. The third-order valence-electron chi connectivity index (χ3n) is 5.53. The molecule has 2 heterocycles. The molecule has 1 aliphatic heterocycles. The molecule has 3 aromatic rings. The molecule has 29 heavy (non-hydrogen) atoms. The average molecular weight is 410 g/mol. The summed E-state index contributed by atoms with van der Waals surface area (Å²) in [5, 5.41) is 4.80. The van der Waals surface area contributed by atoms with Gasteiger partial charge in [0.25, 0.3) is 0 Å². The van der Waals surface area contributed by atoms with E-state index in [9.17, 15) is 4.79 Å². The quantitative estimate of drug-likeness (QED) is 0.574. The summed E-state index contributed by atoms with van der Waals surface area (Å²) in [6, 6.07) is 17.4. The van der Waals surface area contributed by atoms with E-state index in [4.69, 9.17) is 16.1 Å². The van der Waals surface area contributed by atoms with Crippen molar-refractivity contribution in [1.82, 2.24) is 15.0 Å². The molecule has 1 saturated heterocycles. The summed E-state index contributed by atoms with van der Waals surface area (Å²) in [7, 11) is 0. The summed E-state index contributed by atoms with van der Waals surface area (Å²) in [4.78, 5) is 19.8. The monoisotopic (exact) mass is 409 g/mol. The first-order valence-electron chi connectivity index (χ1n) is 10.1. The lowest BCUT2D eigenvalue weighted by Crippen LogP contribution is -2.41. The van der Waals surface area contributed by atoms with Crippen LogP contribution in [0.4, 0.5) is 0 Å². The fourth-order valence-electron chi connectivity index (χ4n) is 3.95. The van der Waals surface area contributed by atoms with Gasteiger partial charge in [0, 0.05) is 23.7 Å². The topological polar surface area (TPSA) is 59.2 Å². The van der Waals surface area contributed by atoms with E-state index in [0.717, 1.165) is 36.9 Å². The number of halogens is 1. The van der Waals surface area contributed by atoms with Gasteiger partial charge in [0.15, 0.2) is 0 Å². The number of rotatable bonds is 5. The Bertz CT molecular complexity index is 956. The van der Waals surface area contributed by atoms with Crippen LogP contribution in [0, 0.1) is 0 Å². The zero-order chi connectivity index (χ0) is 20.2. The first-order chi connectivity index (χ1) is 14.2. The summed E-state index contributed by atoms with van der Waals surface area (Å²) in [6.45, 7) is 3.45. The molecule has 0 spiro atoms. The van der Waals surface area contributed by atoms with E-state index < -0.39 is 0 Å². The molecule has 4 rings (SSSR count). The maximum Gasteiger partial charge on any atom is 0.231 e. The predicted molar refractivity (Wildman–Crippen MR) is 113 cm³/mol. The molecule has 1 amide bonds. The number of hydrogen-bond donors (Lipinski definition) is 0. The fourth-order valence-corrected chi connectivity index (χ4v) is 4.08. The minimum absolute atomic E-state index is 0.0644. The molecule has 0 aliphatic carbocycles. The van der Waals surface area contributed by atoms with Crippen LogP contribution in [0.3, 0.4) is 0 Å². The van der Waals surface area contributed by atoms with Crippen molar-refractivity contribution in [3.63, 3.8) is 0 Å². The minimum atomic E-state index is -0.109. The third kappa shape index (κ3) is 4.35. The molecule has 2 atom stereocenters. The Hall–Kier alpha value is -2.66. The minimum Gasteiger partial charge on any atom is -0.341 e. The van der Waals surface area contributed by atoms with Crippen LogP contribution in [0.15, 0.2) is 59.1 Å². The lowest BCUT2D eigenvalue weighted by Gasteiger charge is -2.33. The Labute approximate surface area is 175 Å². The highest BCUT2D eigenvalue weighted by atomic mass is 35.5. The van der Waals surface area contributed by atoms with Crippen LogP contribution in [0.5, 0.6) is 0 Å². The number of amides is 1. The number of carbonyl (C=O) groups is 1. The van der Waals surface area contributed by atoms with E-state index in [1.54, 1.807) is 0 Å². The molecule has 150 valence electrons. The van der Waals surface area contributed by atoms with E-state index in [2.05, 4.69) is 17.1 Å². The number of piperidine rings is 1. The second kappa shape index (κ2) is 8.78. The van der Waals surface area contributed by atoms with Gasteiger partial charge in [-0.05, 0) is 49.1 Å². The Morgan fingerprint density at radius 3 is 2.69 bits per heavy atom. The second-order valence-electron chi connectivity index (χ2n) is 7.46. The number of carbonyl (C=O) groups excluding carboxylic acids is 1.